The Bertz CT molecular complexity index is 473. The third kappa shape index (κ3) is 2.61. The number of hydrogen-bond acceptors (Lipinski definition) is 3. The zero-order valence-electron chi connectivity index (χ0n) is 11.0. The number of benzene rings is 1. The van der Waals surface area contributed by atoms with Crippen molar-refractivity contribution in [2.75, 3.05) is 6.54 Å². The number of nitrogens with zero attached hydrogens (tertiary/aromatic N) is 1. The summed E-state index contributed by atoms with van der Waals surface area (Å²) in [6, 6.07) is 8.01. The van der Waals surface area contributed by atoms with Crippen LogP contribution in [0.15, 0.2) is 30.3 Å². The fourth-order valence-electron chi connectivity index (χ4n) is 2.55. The van der Waals surface area contributed by atoms with Gasteiger partial charge in [0.25, 0.3) is 0 Å². The molecule has 0 aromatic heterocycles. The summed E-state index contributed by atoms with van der Waals surface area (Å²) in [5.41, 5.74) is 0.837. The SMILES string of the molecule is CC(C)N1C(=O)CN[C@H](C(=O)O)[C@H]1c1ccccc1. The van der Waals surface area contributed by atoms with Crippen LogP contribution in [0.4, 0.5) is 0 Å². The van der Waals surface area contributed by atoms with Gasteiger partial charge in [-0.05, 0) is 19.4 Å². The Balaban J connectivity index is 2.44. The van der Waals surface area contributed by atoms with E-state index in [4.69, 9.17) is 0 Å². The van der Waals surface area contributed by atoms with Crippen LogP contribution in [0.1, 0.15) is 25.5 Å². The Kier molecular flexibility index (Phi) is 3.85. The first-order valence-electron chi connectivity index (χ1n) is 6.34. The number of carbonyl (C=O) groups is 2. The number of carboxylic acid groups (broad SMARTS) is 1. The predicted molar refractivity (Wildman–Crippen MR) is 70.6 cm³/mol. The highest BCUT2D eigenvalue weighted by Crippen LogP contribution is 2.29. The molecule has 1 aliphatic rings. The van der Waals surface area contributed by atoms with Gasteiger partial charge in [-0.25, -0.2) is 0 Å². The lowest BCUT2D eigenvalue weighted by atomic mass is 9.94. The van der Waals surface area contributed by atoms with Crippen molar-refractivity contribution < 1.29 is 14.7 Å². The smallest absolute Gasteiger partial charge is 0.323 e. The summed E-state index contributed by atoms with van der Waals surface area (Å²) >= 11 is 0. The molecule has 0 unspecified atom stereocenters. The molecule has 1 aliphatic heterocycles. The molecular formula is C14H18N2O3. The maximum atomic E-state index is 12.1. The van der Waals surface area contributed by atoms with Gasteiger partial charge in [0.1, 0.15) is 6.04 Å². The molecule has 1 amide bonds. The molecule has 1 saturated heterocycles. The third-order valence-electron chi connectivity index (χ3n) is 3.34. The first kappa shape index (κ1) is 13.5. The van der Waals surface area contributed by atoms with E-state index in [9.17, 15) is 14.7 Å². The van der Waals surface area contributed by atoms with E-state index in [-0.39, 0.29) is 18.5 Å². The number of carbonyl (C=O) groups excluding carboxylic acids is 1. The van der Waals surface area contributed by atoms with Crippen LogP contribution >= 0.6 is 0 Å². The summed E-state index contributed by atoms with van der Waals surface area (Å²) in [6.45, 7) is 3.87. The zero-order valence-corrected chi connectivity index (χ0v) is 11.0. The Labute approximate surface area is 112 Å². The van der Waals surface area contributed by atoms with Gasteiger partial charge < -0.3 is 10.0 Å². The van der Waals surface area contributed by atoms with Gasteiger partial charge in [-0.3, -0.25) is 14.9 Å². The Morgan fingerprint density at radius 2 is 2.00 bits per heavy atom. The molecule has 0 radical (unpaired) electrons. The molecule has 5 nitrogen and oxygen atoms in total. The second-order valence-corrected chi connectivity index (χ2v) is 4.95. The van der Waals surface area contributed by atoms with E-state index >= 15 is 0 Å². The average molecular weight is 262 g/mol. The molecule has 2 atom stereocenters. The third-order valence-corrected chi connectivity index (χ3v) is 3.34. The maximum absolute atomic E-state index is 12.1. The zero-order chi connectivity index (χ0) is 14.0. The number of amides is 1. The van der Waals surface area contributed by atoms with Gasteiger partial charge in [0.05, 0.1) is 12.6 Å². The standard InChI is InChI=1S/C14H18N2O3/c1-9(2)16-11(17)8-15-12(14(18)19)13(16)10-6-4-3-5-7-10/h3-7,9,12-13,15H,8H2,1-2H3,(H,18,19)/t12-,13+/m0/s1. The lowest BCUT2D eigenvalue weighted by Crippen LogP contribution is -2.60. The molecule has 2 N–H and O–H groups in total. The van der Waals surface area contributed by atoms with Gasteiger partial charge in [0, 0.05) is 6.04 Å². The predicted octanol–water partition coefficient (Wildman–Crippen LogP) is 1.02. The number of rotatable bonds is 3. The Morgan fingerprint density at radius 3 is 2.53 bits per heavy atom. The van der Waals surface area contributed by atoms with Gasteiger partial charge in [-0.2, -0.15) is 0 Å². The van der Waals surface area contributed by atoms with Crippen LogP contribution in [-0.2, 0) is 9.59 Å². The van der Waals surface area contributed by atoms with Crippen LogP contribution in [0.5, 0.6) is 0 Å². The Hall–Kier alpha value is -1.88. The summed E-state index contributed by atoms with van der Waals surface area (Å²) in [6.07, 6.45) is 0. The minimum absolute atomic E-state index is 0.0401. The molecule has 1 heterocycles. The summed E-state index contributed by atoms with van der Waals surface area (Å²) in [5, 5.41) is 12.2. The highest BCUT2D eigenvalue weighted by atomic mass is 16.4. The van der Waals surface area contributed by atoms with Gasteiger partial charge >= 0.3 is 5.97 Å². The van der Waals surface area contributed by atoms with Crippen LogP contribution in [0.25, 0.3) is 0 Å². The van der Waals surface area contributed by atoms with E-state index in [2.05, 4.69) is 5.32 Å². The number of carboxylic acids is 1. The second kappa shape index (κ2) is 5.40. The van der Waals surface area contributed by atoms with Crippen molar-refractivity contribution in [1.82, 2.24) is 10.2 Å². The van der Waals surface area contributed by atoms with E-state index in [1.807, 2.05) is 44.2 Å². The van der Waals surface area contributed by atoms with Crippen molar-refractivity contribution in [2.45, 2.75) is 32.0 Å². The summed E-state index contributed by atoms with van der Waals surface area (Å²) in [7, 11) is 0. The molecule has 1 aromatic carbocycles. The fraction of sp³-hybridized carbons (Fsp3) is 0.429. The van der Waals surface area contributed by atoms with Crippen molar-refractivity contribution >= 4 is 11.9 Å². The number of piperazine rings is 1. The summed E-state index contributed by atoms with van der Waals surface area (Å²) < 4.78 is 0. The molecule has 19 heavy (non-hydrogen) atoms. The number of aliphatic carboxylic acids is 1. The molecule has 5 heteroatoms. The molecule has 102 valence electrons. The second-order valence-electron chi connectivity index (χ2n) is 4.95. The van der Waals surface area contributed by atoms with Crippen molar-refractivity contribution in [3.8, 4) is 0 Å². The lowest BCUT2D eigenvalue weighted by Gasteiger charge is -2.42. The van der Waals surface area contributed by atoms with Gasteiger partial charge in [0.15, 0.2) is 0 Å². The van der Waals surface area contributed by atoms with Crippen LogP contribution in [0.3, 0.4) is 0 Å². The van der Waals surface area contributed by atoms with Gasteiger partial charge in [-0.1, -0.05) is 30.3 Å². The fourth-order valence-corrected chi connectivity index (χ4v) is 2.55. The van der Waals surface area contributed by atoms with E-state index in [0.29, 0.717) is 0 Å². The molecule has 1 fully saturated rings. The largest absolute Gasteiger partial charge is 0.480 e. The summed E-state index contributed by atoms with van der Waals surface area (Å²) in [4.78, 5) is 25.1. The molecule has 1 aromatic rings. The molecule has 0 saturated carbocycles. The number of hydrogen-bond donors (Lipinski definition) is 2. The molecule has 0 aliphatic carbocycles. The van der Waals surface area contributed by atoms with E-state index < -0.39 is 18.1 Å². The minimum Gasteiger partial charge on any atom is -0.480 e. The van der Waals surface area contributed by atoms with Gasteiger partial charge in [0.2, 0.25) is 5.91 Å². The van der Waals surface area contributed by atoms with Crippen LogP contribution in [-0.4, -0.2) is 40.5 Å². The van der Waals surface area contributed by atoms with E-state index in [1.54, 1.807) is 4.90 Å². The normalized spacial score (nSPS) is 23.7. The Morgan fingerprint density at radius 1 is 1.37 bits per heavy atom. The monoisotopic (exact) mass is 262 g/mol. The van der Waals surface area contributed by atoms with Crippen molar-refractivity contribution in [3.63, 3.8) is 0 Å². The van der Waals surface area contributed by atoms with Crippen molar-refractivity contribution in [1.29, 1.82) is 0 Å². The highest BCUT2D eigenvalue weighted by molar-refractivity contribution is 5.84. The van der Waals surface area contributed by atoms with Crippen molar-refractivity contribution in [3.05, 3.63) is 35.9 Å². The van der Waals surface area contributed by atoms with Crippen LogP contribution in [0, 0.1) is 0 Å². The first-order valence-corrected chi connectivity index (χ1v) is 6.34. The van der Waals surface area contributed by atoms with E-state index in [0.717, 1.165) is 5.56 Å². The lowest BCUT2D eigenvalue weighted by molar-refractivity contribution is -0.149. The topological polar surface area (TPSA) is 69.6 Å². The maximum Gasteiger partial charge on any atom is 0.323 e. The summed E-state index contributed by atoms with van der Waals surface area (Å²) in [5.74, 6) is -1.01. The first-order chi connectivity index (χ1) is 9.02. The van der Waals surface area contributed by atoms with Gasteiger partial charge in [-0.15, -0.1) is 0 Å². The molecule has 0 bridgehead atoms. The highest BCUT2D eigenvalue weighted by Gasteiger charge is 2.41. The average Bonchev–Trinajstić information content (AvgIpc) is 2.38. The molecule has 0 spiro atoms. The van der Waals surface area contributed by atoms with Crippen LogP contribution in [0.2, 0.25) is 0 Å². The number of nitrogens with one attached hydrogen (secondary N) is 1. The quantitative estimate of drug-likeness (QED) is 0.853. The molecular weight excluding hydrogens is 244 g/mol. The minimum atomic E-state index is -0.938. The van der Waals surface area contributed by atoms with E-state index in [1.165, 1.54) is 0 Å². The van der Waals surface area contributed by atoms with Crippen LogP contribution < -0.4 is 5.32 Å². The molecule has 2 rings (SSSR count). The van der Waals surface area contributed by atoms with Crippen molar-refractivity contribution in [2.24, 2.45) is 0 Å².